The Bertz CT molecular complexity index is 429. The van der Waals surface area contributed by atoms with Crippen LogP contribution in [0, 0.1) is 11.3 Å². The van der Waals surface area contributed by atoms with E-state index in [-0.39, 0.29) is 5.79 Å². The van der Waals surface area contributed by atoms with E-state index in [1.165, 1.54) is 32.2 Å². The van der Waals surface area contributed by atoms with E-state index in [0.717, 1.165) is 44.9 Å². The number of morpholine rings is 1. The van der Waals surface area contributed by atoms with E-state index >= 15 is 0 Å². The molecule has 0 aromatic carbocycles. The molecule has 26 heavy (non-hydrogen) atoms. The topological polar surface area (TPSA) is 30.9 Å². The molecule has 2 aliphatic heterocycles. The Kier molecular flexibility index (Phi) is 6.70. The minimum Gasteiger partial charge on any atom is -0.373 e. The van der Waals surface area contributed by atoms with Crippen LogP contribution in [0.15, 0.2) is 0 Å². The standard InChI is InChI=1S/C22H41NO3/c1-17-14-23(15-18(2)25-17)13-7-6-8-20-16-24-22(26-20)11-9-19(10-12-22)21(3,4)5/h17-20H,6-16H2,1-5H3. The van der Waals surface area contributed by atoms with Gasteiger partial charge in [0.25, 0.3) is 0 Å². The Morgan fingerprint density at radius 3 is 2.27 bits per heavy atom. The molecule has 0 bridgehead atoms. The van der Waals surface area contributed by atoms with E-state index in [1.54, 1.807) is 0 Å². The molecule has 0 aromatic heterocycles. The zero-order valence-electron chi connectivity index (χ0n) is 17.8. The molecular weight excluding hydrogens is 326 g/mol. The molecule has 0 radical (unpaired) electrons. The lowest BCUT2D eigenvalue weighted by molar-refractivity contribution is -0.197. The number of unbranched alkanes of at least 4 members (excludes halogenated alkanes) is 1. The summed E-state index contributed by atoms with van der Waals surface area (Å²) in [4.78, 5) is 2.56. The van der Waals surface area contributed by atoms with Crippen molar-refractivity contribution in [3.63, 3.8) is 0 Å². The van der Waals surface area contributed by atoms with Crippen LogP contribution in [-0.4, -0.2) is 55.2 Å². The van der Waals surface area contributed by atoms with Crippen molar-refractivity contribution in [2.45, 2.75) is 104 Å². The predicted molar refractivity (Wildman–Crippen MR) is 105 cm³/mol. The maximum absolute atomic E-state index is 6.42. The molecule has 152 valence electrons. The van der Waals surface area contributed by atoms with Gasteiger partial charge in [-0.1, -0.05) is 20.8 Å². The Morgan fingerprint density at radius 1 is 1.00 bits per heavy atom. The molecule has 0 N–H and O–H groups in total. The Hall–Kier alpha value is -0.160. The second kappa shape index (κ2) is 8.46. The molecule has 3 rings (SSSR count). The van der Waals surface area contributed by atoms with Crippen molar-refractivity contribution in [2.75, 3.05) is 26.2 Å². The third-order valence-corrected chi connectivity index (χ3v) is 6.63. The smallest absolute Gasteiger partial charge is 0.168 e. The number of ether oxygens (including phenoxy) is 3. The van der Waals surface area contributed by atoms with Crippen molar-refractivity contribution in [3.8, 4) is 0 Å². The van der Waals surface area contributed by atoms with E-state index in [9.17, 15) is 0 Å². The second-order valence-corrected chi connectivity index (χ2v) is 10.1. The van der Waals surface area contributed by atoms with Crippen LogP contribution in [0.2, 0.25) is 0 Å². The summed E-state index contributed by atoms with van der Waals surface area (Å²) in [5.74, 6) is 0.555. The first kappa shape index (κ1) is 20.6. The molecule has 3 fully saturated rings. The van der Waals surface area contributed by atoms with Crippen LogP contribution in [0.4, 0.5) is 0 Å². The van der Waals surface area contributed by atoms with Gasteiger partial charge in [-0.05, 0) is 63.8 Å². The summed E-state index contributed by atoms with van der Waals surface area (Å²) < 4.78 is 18.4. The molecule has 1 aliphatic carbocycles. The van der Waals surface area contributed by atoms with E-state index in [0.29, 0.717) is 23.7 Å². The third kappa shape index (κ3) is 5.43. The van der Waals surface area contributed by atoms with Crippen molar-refractivity contribution in [2.24, 2.45) is 11.3 Å². The van der Waals surface area contributed by atoms with E-state index in [2.05, 4.69) is 39.5 Å². The van der Waals surface area contributed by atoms with Crippen LogP contribution >= 0.6 is 0 Å². The number of hydrogen-bond acceptors (Lipinski definition) is 4. The van der Waals surface area contributed by atoms with Crippen LogP contribution in [0.25, 0.3) is 0 Å². The highest BCUT2D eigenvalue weighted by Gasteiger charge is 2.45. The average Bonchev–Trinajstić information content (AvgIpc) is 2.93. The zero-order chi connectivity index (χ0) is 18.8. The fraction of sp³-hybridized carbons (Fsp3) is 1.00. The van der Waals surface area contributed by atoms with Gasteiger partial charge in [-0.15, -0.1) is 0 Å². The number of rotatable bonds is 5. The molecular formula is C22H41NO3. The van der Waals surface area contributed by atoms with Gasteiger partial charge in [-0.25, -0.2) is 0 Å². The summed E-state index contributed by atoms with van der Waals surface area (Å²) in [6.07, 6.45) is 9.30. The zero-order valence-corrected chi connectivity index (χ0v) is 17.8. The molecule has 4 nitrogen and oxygen atoms in total. The first-order chi connectivity index (χ1) is 12.3. The lowest BCUT2D eigenvalue weighted by Crippen LogP contribution is -2.45. The lowest BCUT2D eigenvalue weighted by Gasteiger charge is -2.41. The fourth-order valence-corrected chi connectivity index (χ4v) is 5.12. The van der Waals surface area contributed by atoms with E-state index in [4.69, 9.17) is 14.2 Å². The van der Waals surface area contributed by atoms with Gasteiger partial charge >= 0.3 is 0 Å². The minimum atomic E-state index is -0.249. The summed E-state index contributed by atoms with van der Waals surface area (Å²) in [7, 11) is 0. The third-order valence-electron chi connectivity index (χ3n) is 6.63. The quantitative estimate of drug-likeness (QED) is 0.664. The van der Waals surface area contributed by atoms with Gasteiger partial charge in [0.1, 0.15) is 0 Å². The van der Waals surface area contributed by atoms with Crippen molar-refractivity contribution in [3.05, 3.63) is 0 Å². The number of hydrogen-bond donors (Lipinski definition) is 0. The summed E-state index contributed by atoms with van der Waals surface area (Å²) in [6, 6.07) is 0. The van der Waals surface area contributed by atoms with Crippen LogP contribution in [0.5, 0.6) is 0 Å². The fourth-order valence-electron chi connectivity index (χ4n) is 5.12. The van der Waals surface area contributed by atoms with Crippen molar-refractivity contribution >= 4 is 0 Å². The monoisotopic (exact) mass is 367 g/mol. The lowest BCUT2D eigenvalue weighted by atomic mass is 9.71. The molecule has 2 saturated heterocycles. The van der Waals surface area contributed by atoms with Gasteiger partial charge in [-0.3, -0.25) is 4.90 Å². The molecule has 0 amide bonds. The van der Waals surface area contributed by atoms with Crippen LogP contribution in [-0.2, 0) is 14.2 Å². The first-order valence-electron chi connectivity index (χ1n) is 11.0. The maximum Gasteiger partial charge on any atom is 0.168 e. The molecule has 4 heteroatoms. The molecule has 3 unspecified atom stereocenters. The molecule has 3 atom stereocenters. The van der Waals surface area contributed by atoms with E-state index in [1.807, 2.05) is 0 Å². The van der Waals surface area contributed by atoms with Crippen molar-refractivity contribution in [1.29, 1.82) is 0 Å². The van der Waals surface area contributed by atoms with Gasteiger partial charge in [0.05, 0.1) is 24.9 Å². The van der Waals surface area contributed by atoms with Crippen molar-refractivity contribution < 1.29 is 14.2 Å². The van der Waals surface area contributed by atoms with Gasteiger partial charge in [0, 0.05) is 25.9 Å². The van der Waals surface area contributed by atoms with E-state index < -0.39 is 0 Å². The normalized spacial score (nSPS) is 39.6. The minimum absolute atomic E-state index is 0.249. The number of nitrogens with zero attached hydrogens (tertiary/aromatic N) is 1. The Labute approximate surface area is 160 Å². The van der Waals surface area contributed by atoms with Crippen LogP contribution < -0.4 is 0 Å². The maximum atomic E-state index is 6.42. The SMILES string of the molecule is CC1CN(CCCCC2COC3(CCC(C(C)(C)C)CC3)O2)CC(C)O1. The molecule has 3 aliphatic rings. The van der Waals surface area contributed by atoms with Crippen molar-refractivity contribution in [1.82, 2.24) is 4.90 Å². The van der Waals surface area contributed by atoms with Crippen LogP contribution in [0.1, 0.15) is 79.6 Å². The van der Waals surface area contributed by atoms with Gasteiger partial charge < -0.3 is 14.2 Å². The van der Waals surface area contributed by atoms with Gasteiger partial charge in [0.15, 0.2) is 5.79 Å². The largest absolute Gasteiger partial charge is 0.373 e. The molecule has 2 heterocycles. The molecule has 1 spiro atoms. The Morgan fingerprint density at radius 2 is 1.65 bits per heavy atom. The van der Waals surface area contributed by atoms with Crippen LogP contribution in [0.3, 0.4) is 0 Å². The highest BCUT2D eigenvalue weighted by molar-refractivity contribution is 4.88. The first-order valence-corrected chi connectivity index (χ1v) is 11.0. The average molecular weight is 368 g/mol. The highest BCUT2D eigenvalue weighted by Crippen LogP contribution is 2.45. The summed E-state index contributed by atoms with van der Waals surface area (Å²) in [5, 5.41) is 0. The van der Waals surface area contributed by atoms with Gasteiger partial charge in [-0.2, -0.15) is 0 Å². The summed E-state index contributed by atoms with van der Waals surface area (Å²) >= 11 is 0. The highest BCUT2D eigenvalue weighted by atomic mass is 16.7. The second-order valence-electron chi connectivity index (χ2n) is 10.1. The summed E-state index contributed by atoms with van der Waals surface area (Å²) in [5.41, 5.74) is 0.411. The predicted octanol–water partition coefficient (Wildman–Crippen LogP) is 4.61. The molecule has 0 aromatic rings. The summed E-state index contributed by atoms with van der Waals surface area (Å²) in [6.45, 7) is 15.6. The molecule has 1 saturated carbocycles. The van der Waals surface area contributed by atoms with Gasteiger partial charge in [0.2, 0.25) is 0 Å². The Balaban J connectivity index is 1.33.